The van der Waals surface area contributed by atoms with Crippen molar-refractivity contribution in [3.63, 3.8) is 0 Å². The topological polar surface area (TPSA) is 26.3 Å². The molecule has 0 saturated heterocycles. The maximum absolute atomic E-state index is 11.6. The van der Waals surface area contributed by atoms with Gasteiger partial charge in [0.1, 0.15) is 11.9 Å². The van der Waals surface area contributed by atoms with E-state index in [1.807, 2.05) is 50.2 Å². The molecular weight excluding hydrogens is 300 g/mol. The Hall–Kier alpha value is -1.71. The lowest BCUT2D eigenvalue weighted by molar-refractivity contribution is -0.119. The molecule has 2 rings (SSSR count). The minimum Gasteiger partial charge on any atom is -0.396 e. The fraction of sp³-hybridized carbons (Fsp3) is 0.350. The Morgan fingerprint density at radius 2 is 1.17 bits per heavy atom. The van der Waals surface area contributed by atoms with Gasteiger partial charge in [-0.15, -0.1) is 0 Å². The highest BCUT2D eigenvalue weighted by atomic mass is 28.4. The summed E-state index contributed by atoms with van der Waals surface area (Å²) in [6.45, 7) is 10.3. The maximum Gasteiger partial charge on any atom is 0.262 e. The molecule has 3 heteroatoms. The second kappa shape index (κ2) is 6.42. The van der Waals surface area contributed by atoms with Crippen LogP contribution in [0.15, 0.2) is 60.7 Å². The summed E-state index contributed by atoms with van der Waals surface area (Å²) in [5, 5.41) is 2.26. The highest BCUT2D eigenvalue weighted by Crippen LogP contribution is 2.38. The van der Waals surface area contributed by atoms with Gasteiger partial charge in [0, 0.05) is 0 Å². The van der Waals surface area contributed by atoms with E-state index in [0.717, 1.165) is 6.29 Å². The SMILES string of the molecule is CC(C)(C=O)O[Si](c1ccccc1)(c1ccccc1)C(C)(C)C. The van der Waals surface area contributed by atoms with Crippen LogP contribution in [0.25, 0.3) is 0 Å². The molecule has 0 aliphatic carbocycles. The van der Waals surface area contributed by atoms with Gasteiger partial charge in [-0.2, -0.15) is 0 Å². The number of aldehydes is 1. The number of carbonyl (C=O) groups excluding carboxylic acids is 1. The van der Waals surface area contributed by atoms with Gasteiger partial charge >= 0.3 is 0 Å². The Balaban J connectivity index is 2.77. The molecule has 23 heavy (non-hydrogen) atoms. The first-order valence-corrected chi connectivity index (χ1v) is 9.91. The molecule has 0 heterocycles. The zero-order valence-corrected chi connectivity index (χ0v) is 15.7. The predicted molar refractivity (Wildman–Crippen MR) is 98.8 cm³/mol. The molecule has 0 atom stereocenters. The van der Waals surface area contributed by atoms with Crippen molar-refractivity contribution in [1.29, 1.82) is 0 Å². The molecule has 0 aliphatic heterocycles. The van der Waals surface area contributed by atoms with Gasteiger partial charge in [0.2, 0.25) is 0 Å². The number of benzene rings is 2. The van der Waals surface area contributed by atoms with Crippen molar-refractivity contribution >= 4 is 25.0 Å². The highest BCUT2D eigenvalue weighted by Gasteiger charge is 2.52. The fourth-order valence-electron chi connectivity index (χ4n) is 3.07. The van der Waals surface area contributed by atoms with E-state index in [-0.39, 0.29) is 5.04 Å². The number of rotatable bonds is 5. The molecule has 0 aromatic heterocycles. The molecule has 0 aliphatic rings. The molecule has 0 saturated carbocycles. The van der Waals surface area contributed by atoms with Crippen LogP contribution in [0.4, 0.5) is 0 Å². The Labute approximate surface area is 140 Å². The van der Waals surface area contributed by atoms with Crippen molar-refractivity contribution in [3.05, 3.63) is 60.7 Å². The Bertz CT molecular complexity index is 603. The maximum atomic E-state index is 11.6. The number of carbonyl (C=O) groups is 1. The molecule has 0 fully saturated rings. The van der Waals surface area contributed by atoms with Crippen LogP contribution in [0, 0.1) is 0 Å². The van der Waals surface area contributed by atoms with Crippen LogP contribution in [0.1, 0.15) is 34.6 Å². The Morgan fingerprint density at radius 3 is 1.48 bits per heavy atom. The summed E-state index contributed by atoms with van der Waals surface area (Å²) in [5.41, 5.74) is -0.828. The molecule has 0 unspecified atom stereocenters. The standard InChI is InChI=1S/C20H26O2Si/c1-19(2,3)23(22-20(4,5)16-21,17-12-8-6-9-13-17)18-14-10-7-11-15-18/h6-16H,1-5H3. The average molecular weight is 327 g/mol. The van der Waals surface area contributed by atoms with Crippen LogP contribution in [0.5, 0.6) is 0 Å². The van der Waals surface area contributed by atoms with Crippen molar-refractivity contribution in [2.24, 2.45) is 0 Å². The van der Waals surface area contributed by atoms with E-state index in [1.165, 1.54) is 10.4 Å². The third kappa shape index (κ3) is 3.46. The molecule has 0 bridgehead atoms. The van der Waals surface area contributed by atoms with Gasteiger partial charge in [0.05, 0.1) is 0 Å². The van der Waals surface area contributed by atoms with E-state index >= 15 is 0 Å². The van der Waals surface area contributed by atoms with E-state index in [1.54, 1.807) is 0 Å². The van der Waals surface area contributed by atoms with Crippen molar-refractivity contribution in [2.45, 2.75) is 45.3 Å². The summed E-state index contributed by atoms with van der Waals surface area (Å²) in [7, 11) is -2.64. The zero-order valence-electron chi connectivity index (χ0n) is 14.7. The first kappa shape index (κ1) is 17.6. The average Bonchev–Trinajstić information content (AvgIpc) is 2.53. The van der Waals surface area contributed by atoms with Crippen molar-refractivity contribution < 1.29 is 9.22 Å². The summed E-state index contributed by atoms with van der Waals surface area (Å²) in [4.78, 5) is 11.6. The van der Waals surface area contributed by atoms with Gasteiger partial charge < -0.3 is 9.22 Å². The summed E-state index contributed by atoms with van der Waals surface area (Å²) in [6, 6.07) is 20.7. The van der Waals surface area contributed by atoms with Crippen LogP contribution in [0.3, 0.4) is 0 Å². The van der Waals surface area contributed by atoms with E-state index < -0.39 is 13.9 Å². The van der Waals surface area contributed by atoms with Gasteiger partial charge in [-0.3, -0.25) is 0 Å². The van der Waals surface area contributed by atoms with Crippen LogP contribution in [-0.2, 0) is 9.22 Å². The van der Waals surface area contributed by atoms with Gasteiger partial charge in [-0.1, -0.05) is 81.4 Å². The molecule has 122 valence electrons. The molecule has 2 aromatic carbocycles. The molecular formula is C20H26O2Si. The molecule has 0 spiro atoms. The lowest BCUT2D eigenvalue weighted by Gasteiger charge is -2.46. The third-order valence-electron chi connectivity index (χ3n) is 4.12. The van der Waals surface area contributed by atoms with E-state index in [4.69, 9.17) is 4.43 Å². The monoisotopic (exact) mass is 326 g/mol. The van der Waals surface area contributed by atoms with E-state index in [0.29, 0.717) is 0 Å². The van der Waals surface area contributed by atoms with Crippen molar-refractivity contribution in [2.75, 3.05) is 0 Å². The summed E-state index contributed by atoms with van der Waals surface area (Å²) in [5.74, 6) is 0. The third-order valence-corrected chi connectivity index (χ3v) is 9.35. The smallest absolute Gasteiger partial charge is 0.262 e. The van der Waals surface area contributed by atoms with Crippen LogP contribution in [-0.4, -0.2) is 20.2 Å². The first-order chi connectivity index (χ1) is 10.7. The molecule has 2 nitrogen and oxygen atoms in total. The van der Waals surface area contributed by atoms with Gasteiger partial charge in [-0.25, -0.2) is 0 Å². The minimum absolute atomic E-state index is 0.115. The van der Waals surface area contributed by atoms with Crippen LogP contribution >= 0.6 is 0 Å². The van der Waals surface area contributed by atoms with E-state index in [2.05, 4.69) is 45.0 Å². The summed E-state index contributed by atoms with van der Waals surface area (Å²) >= 11 is 0. The Morgan fingerprint density at radius 1 is 0.783 bits per heavy atom. The van der Waals surface area contributed by atoms with Gasteiger partial charge in [0.25, 0.3) is 8.32 Å². The van der Waals surface area contributed by atoms with E-state index in [9.17, 15) is 4.79 Å². The zero-order chi connectivity index (χ0) is 17.1. The second-order valence-corrected chi connectivity index (χ2v) is 11.7. The summed E-state index contributed by atoms with van der Waals surface area (Å²) in [6.07, 6.45) is 0.909. The summed E-state index contributed by atoms with van der Waals surface area (Å²) < 4.78 is 6.68. The number of hydrogen-bond acceptors (Lipinski definition) is 2. The highest BCUT2D eigenvalue weighted by molar-refractivity contribution is 6.99. The fourth-order valence-corrected chi connectivity index (χ4v) is 7.84. The normalized spacial score (nSPS) is 12.9. The van der Waals surface area contributed by atoms with Crippen LogP contribution in [0.2, 0.25) is 5.04 Å². The molecule has 0 radical (unpaired) electrons. The number of hydrogen-bond donors (Lipinski definition) is 0. The minimum atomic E-state index is -2.64. The van der Waals surface area contributed by atoms with Crippen molar-refractivity contribution in [3.8, 4) is 0 Å². The first-order valence-electron chi connectivity index (χ1n) is 8.00. The van der Waals surface area contributed by atoms with Gasteiger partial charge in [-0.05, 0) is 29.3 Å². The second-order valence-electron chi connectivity index (χ2n) is 7.49. The lowest BCUT2D eigenvalue weighted by atomic mass is 10.2. The molecule has 2 aromatic rings. The predicted octanol–water partition coefficient (Wildman–Crippen LogP) is 3.54. The molecule has 0 amide bonds. The van der Waals surface area contributed by atoms with Crippen LogP contribution < -0.4 is 10.4 Å². The quantitative estimate of drug-likeness (QED) is 0.620. The largest absolute Gasteiger partial charge is 0.396 e. The van der Waals surface area contributed by atoms with Crippen molar-refractivity contribution in [1.82, 2.24) is 0 Å². The Kier molecular flexibility index (Phi) is 4.92. The van der Waals surface area contributed by atoms with Gasteiger partial charge in [0.15, 0.2) is 0 Å². The lowest BCUT2D eigenvalue weighted by Crippen LogP contribution is -2.69. The molecule has 0 N–H and O–H groups in total.